The fourth-order valence-electron chi connectivity index (χ4n) is 3.32. The van der Waals surface area contributed by atoms with Gasteiger partial charge in [0.05, 0.1) is 27.6 Å². The Morgan fingerprint density at radius 2 is 1.55 bits per heavy atom. The molecule has 156 valence electrons. The van der Waals surface area contributed by atoms with Gasteiger partial charge >= 0.3 is 0 Å². The third kappa shape index (κ3) is 3.99. The summed E-state index contributed by atoms with van der Waals surface area (Å²) < 4.78 is 2.80. The highest BCUT2D eigenvalue weighted by molar-refractivity contribution is 7.98. The Balaban J connectivity index is 1.80. The standard InChI is InChI=1S/C22H19N5O3S/c1-2-11-26-20(29)15-8-4-6-10-17(15)25-22(26)31-13-19-24-16-9-5-3-7-14(16)21(30)27(19)12-18(23)28/h2-10H,1,11-13H2,(H2,23,28). The Hall–Kier alpha value is -3.72. The van der Waals surface area contributed by atoms with Gasteiger partial charge in [-0.2, -0.15) is 0 Å². The molecule has 2 N–H and O–H groups in total. The predicted molar refractivity (Wildman–Crippen MR) is 121 cm³/mol. The number of benzene rings is 2. The zero-order valence-electron chi connectivity index (χ0n) is 16.5. The van der Waals surface area contributed by atoms with Crippen LogP contribution < -0.4 is 16.9 Å². The highest BCUT2D eigenvalue weighted by Gasteiger charge is 2.16. The van der Waals surface area contributed by atoms with Crippen molar-refractivity contribution in [3.8, 4) is 0 Å². The summed E-state index contributed by atoms with van der Waals surface area (Å²) in [7, 11) is 0. The van der Waals surface area contributed by atoms with Crippen LogP contribution in [0, 0.1) is 0 Å². The number of hydrogen-bond donors (Lipinski definition) is 1. The molecule has 31 heavy (non-hydrogen) atoms. The Kier molecular flexibility index (Phi) is 5.68. The van der Waals surface area contributed by atoms with E-state index >= 15 is 0 Å². The van der Waals surface area contributed by atoms with Crippen LogP contribution in [0.2, 0.25) is 0 Å². The summed E-state index contributed by atoms with van der Waals surface area (Å²) in [5.74, 6) is -0.0483. The van der Waals surface area contributed by atoms with Gasteiger partial charge in [0, 0.05) is 6.54 Å². The van der Waals surface area contributed by atoms with Gasteiger partial charge in [-0.05, 0) is 24.3 Å². The van der Waals surface area contributed by atoms with E-state index in [4.69, 9.17) is 5.73 Å². The van der Waals surface area contributed by atoms with Crippen molar-refractivity contribution in [2.45, 2.75) is 24.0 Å². The molecular weight excluding hydrogens is 414 g/mol. The summed E-state index contributed by atoms with van der Waals surface area (Å²) in [6.45, 7) is 3.73. The van der Waals surface area contributed by atoms with E-state index in [0.717, 1.165) is 0 Å². The third-order valence-electron chi connectivity index (χ3n) is 4.72. The normalized spacial score (nSPS) is 11.1. The monoisotopic (exact) mass is 433 g/mol. The number of aromatic nitrogens is 4. The Labute approximate surface area is 181 Å². The predicted octanol–water partition coefficient (Wildman–Crippen LogP) is 2.07. The smallest absolute Gasteiger partial charge is 0.262 e. The molecule has 0 atom stereocenters. The molecule has 0 radical (unpaired) electrons. The fourth-order valence-corrected chi connectivity index (χ4v) is 4.27. The first kappa shape index (κ1) is 20.5. The highest BCUT2D eigenvalue weighted by atomic mass is 32.2. The number of carbonyl (C=O) groups excluding carboxylic acids is 1. The van der Waals surface area contributed by atoms with Crippen molar-refractivity contribution in [2.75, 3.05) is 0 Å². The average molecular weight is 433 g/mol. The minimum absolute atomic E-state index is 0.172. The topological polar surface area (TPSA) is 113 Å². The van der Waals surface area contributed by atoms with Gasteiger partial charge in [0.2, 0.25) is 5.91 Å². The van der Waals surface area contributed by atoms with Gasteiger partial charge in [0.25, 0.3) is 11.1 Å². The number of thioether (sulfide) groups is 1. The van der Waals surface area contributed by atoms with Gasteiger partial charge in [0.1, 0.15) is 12.4 Å². The molecule has 2 aromatic carbocycles. The molecule has 4 aromatic rings. The maximum absolute atomic E-state index is 12.9. The second-order valence-electron chi connectivity index (χ2n) is 6.81. The molecule has 0 aliphatic heterocycles. The summed E-state index contributed by atoms with van der Waals surface area (Å²) in [5, 5.41) is 1.39. The molecule has 8 nitrogen and oxygen atoms in total. The molecule has 0 spiro atoms. The van der Waals surface area contributed by atoms with Crippen molar-refractivity contribution >= 4 is 39.5 Å². The summed E-state index contributed by atoms with van der Waals surface area (Å²) in [4.78, 5) is 46.6. The van der Waals surface area contributed by atoms with Crippen molar-refractivity contribution in [3.63, 3.8) is 0 Å². The lowest BCUT2D eigenvalue weighted by atomic mass is 10.2. The maximum atomic E-state index is 12.9. The number of allylic oxidation sites excluding steroid dienone is 1. The van der Waals surface area contributed by atoms with Gasteiger partial charge in [-0.1, -0.05) is 42.1 Å². The molecule has 0 bridgehead atoms. The number of carbonyl (C=O) groups is 1. The molecule has 0 aliphatic carbocycles. The number of rotatable bonds is 7. The van der Waals surface area contributed by atoms with Gasteiger partial charge in [0.15, 0.2) is 5.16 Å². The molecule has 9 heteroatoms. The molecule has 0 fully saturated rings. The second kappa shape index (κ2) is 8.57. The average Bonchev–Trinajstić information content (AvgIpc) is 2.76. The van der Waals surface area contributed by atoms with Crippen molar-refractivity contribution < 1.29 is 4.79 Å². The van der Waals surface area contributed by atoms with Gasteiger partial charge in [-0.15, -0.1) is 6.58 Å². The summed E-state index contributed by atoms with van der Waals surface area (Å²) >= 11 is 1.26. The Morgan fingerprint density at radius 1 is 0.968 bits per heavy atom. The van der Waals surface area contributed by atoms with Gasteiger partial charge in [-0.25, -0.2) is 9.97 Å². The summed E-state index contributed by atoms with van der Waals surface area (Å²) in [6.07, 6.45) is 1.62. The highest BCUT2D eigenvalue weighted by Crippen LogP contribution is 2.22. The molecular formula is C22H19N5O3S. The van der Waals surface area contributed by atoms with E-state index in [2.05, 4.69) is 16.5 Å². The summed E-state index contributed by atoms with van der Waals surface area (Å²) in [5.41, 5.74) is 5.95. The lowest BCUT2D eigenvalue weighted by molar-refractivity contribution is -0.118. The zero-order chi connectivity index (χ0) is 22.0. The Bertz CT molecular complexity index is 1440. The van der Waals surface area contributed by atoms with E-state index in [-0.39, 0.29) is 30.0 Å². The minimum Gasteiger partial charge on any atom is -0.368 e. The molecule has 2 heterocycles. The third-order valence-corrected chi connectivity index (χ3v) is 5.70. The van der Waals surface area contributed by atoms with Crippen LogP contribution in [0.25, 0.3) is 21.8 Å². The van der Waals surface area contributed by atoms with Crippen LogP contribution in [0.5, 0.6) is 0 Å². The largest absolute Gasteiger partial charge is 0.368 e. The SMILES string of the molecule is C=CCn1c(SCc2nc3ccccc3c(=O)n2CC(N)=O)nc2ccccc2c1=O. The molecule has 0 aliphatic rings. The number of para-hydroxylation sites is 2. The first-order valence-electron chi connectivity index (χ1n) is 9.49. The van der Waals surface area contributed by atoms with Crippen LogP contribution >= 0.6 is 11.8 Å². The second-order valence-corrected chi connectivity index (χ2v) is 7.75. The van der Waals surface area contributed by atoms with Crippen molar-refractivity contribution in [3.05, 3.63) is 87.7 Å². The lowest BCUT2D eigenvalue weighted by Gasteiger charge is -2.14. The van der Waals surface area contributed by atoms with E-state index < -0.39 is 5.91 Å². The Morgan fingerprint density at radius 3 is 2.16 bits per heavy atom. The quantitative estimate of drug-likeness (QED) is 0.271. The fraction of sp³-hybridized carbons (Fsp3) is 0.136. The number of hydrogen-bond acceptors (Lipinski definition) is 6. The van der Waals surface area contributed by atoms with E-state index in [1.54, 1.807) is 48.5 Å². The van der Waals surface area contributed by atoms with Crippen LogP contribution in [0.3, 0.4) is 0 Å². The first-order valence-corrected chi connectivity index (χ1v) is 10.5. The van der Waals surface area contributed by atoms with Crippen LogP contribution in [-0.2, 0) is 23.6 Å². The van der Waals surface area contributed by atoms with Crippen LogP contribution in [0.1, 0.15) is 5.82 Å². The van der Waals surface area contributed by atoms with Crippen molar-refractivity contribution in [2.24, 2.45) is 5.73 Å². The molecule has 2 aromatic heterocycles. The lowest BCUT2D eigenvalue weighted by Crippen LogP contribution is -2.31. The van der Waals surface area contributed by atoms with E-state index in [9.17, 15) is 14.4 Å². The molecule has 0 saturated carbocycles. The van der Waals surface area contributed by atoms with E-state index in [1.165, 1.54) is 20.9 Å². The number of primary amides is 1. The molecule has 1 amide bonds. The van der Waals surface area contributed by atoms with Crippen LogP contribution in [0.15, 0.2) is 75.9 Å². The molecule has 0 unspecified atom stereocenters. The van der Waals surface area contributed by atoms with Crippen LogP contribution in [-0.4, -0.2) is 25.0 Å². The van der Waals surface area contributed by atoms with Gasteiger partial charge < -0.3 is 5.73 Å². The summed E-state index contributed by atoms with van der Waals surface area (Å²) in [6, 6.07) is 14.0. The van der Waals surface area contributed by atoms with Crippen LogP contribution in [0.4, 0.5) is 0 Å². The first-order chi connectivity index (χ1) is 15.0. The van der Waals surface area contributed by atoms with Crippen molar-refractivity contribution in [1.82, 2.24) is 19.1 Å². The van der Waals surface area contributed by atoms with Crippen molar-refractivity contribution in [1.29, 1.82) is 0 Å². The number of nitrogens with zero attached hydrogens (tertiary/aromatic N) is 4. The van der Waals surface area contributed by atoms with E-state index in [1.807, 2.05) is 6.07 Å². The maximum Gasteiger partial charge on any atom is 0.262 e. The van der Waals surface area contributed by atoms with E-state index in [0.29, 0.717) is 32.8 Å². The minimum atomic E-state index is -0.641. The number of nitrogens with two attached hydrogens (primary N) is 1. The number of fused-ring (bicyclic) bond motifs is 2. The number of amides is 1. The zero-order valence-corrected chi connectivity index (χ0v) is 17.3. The molecule has 0 saturated heterocycles. The molecule has 4 rings (SSSR count). The van der Waals surface area contributed by atoms with Gasteiger partial charge in [-0.3, -0.25) is 23.5 Å².